The van der Waals surface area contributed by atoms with Crippen LogP contribution in [0.1, 0.15) is 18.2 Å². The van der Waals surface area contributed by atoms with Crippen LogP contribution in [0.3, 0.4) is 0 Å². The van der Waals surface area contributed by atoms with Gasteiger partial charge in [0.15, 0.2) is 0 Å². The van der Waals surface area contributed by atoms with Crippen molar-refractivity contribution in [2.45, 2.75) is 13.8 Å². The fourth-order valence-electron chi connectivity index (χ4n) is 0.711. The first-order chi connectivity index (χ1) is 4.34. The highest BCUT2D eigenvalue weighted by molar-refractivity contribution is 5.19. The van der Waals surface area contributed by atoms with Gasteiger partial charge in [0.25, 0.3) is 0 Å². The molecule has 1 aromatic rings. The first-order valence-corrected chi connectivity index (χ1v) is 2.90. The van der Waals surface area contributed by atoms with Gasteiger partial charge in [-0.3, -0.25) is 0 Å². The lowest BCUT2D eigenvalue weighted by molar-refractivity contribution is 1.07. The Morgan fingerprint density at radius 2 is 2.33 bits per heavy atom. The Balaban J connectivity index is 3.01. The molecule has 0 aliphatic rings. The van der Waals surface area contributed by atoms with Gasteiger partial charge in [0, 0.05) is 12.6 Å². The quantitative estimate of drug-likeness (QED) is 0.560. The van der Waals surface area contributed by atoms with Gasteiger partial charge in [0.05, 0.1) is 5.69 Å². The van der Waals surface area contributed by atoms with E-state index in [1.807, 2.05) is 26.5 Å². The van der Waals surface area contributed by atoms with Crippen molar-refractivity contribution in [1.29, 1.82) is 0 Å². The normalized spacial score (nSPS) is 9.56. The number of nitrogens with zero attached hydrogens (tertiary/aromatic N) is 2. The first-order valence-electron chi connectivity index (χ1n) is 2.90. The van der Waals surface area contributed by atoms with E-state index in [9.17, 15) is 0 Å². The van der Waals surface area contributed by atoms with Crippen LogP contribution >= 0.6 is 0 Å². The lowest BCUT2D eigenvalue weighted by Gasteiger charge is -1.96. The molecule has 0 aliphatic carbocycles. The molecule has 2 heteroatoms. The standard InChI is InChI=1S/C7H9N2/c1-3-7-6(2)4-8-5-9-7/h3-5H,1-2H3. The van der Waals surface area contributed by atoms with Gasteiger partial charge in [-0.1, -0.05) is 6.92 Å². The second kappa shape index (κ2) is 2.58. The molecule has 0 aliphatic heterocycles. The van der Waals surface area contributed by atoms with Crippen molar-refractivity contribution in [1.82, 2.24) is 9.97 Å². The summed E-state index contributed by atoms with van der Waals surface area (Å²) in [4.78, 5) is 7.89. The lowest BCUT2D eigenvalue weighted by atomic mass is 10.2. The maximum atomic E-state index is 4.03. The van der Waals surface area contributed by atoms with Crippen molar-refractivity contribution in [3.63, 3.8) is 0 Å². The summed E-state index contributed by atoms with van der Waals surface area (Å²) in [6.45, 7) is 3.96. The zero-order chi connectivity index (χ0) is 6.69. The Hall–Kier alpha value is -0.920. The van der Waals surface area contributed by atoms with E-state index in [1.54, 1.807) is 6.33 Å². The minimum absolute atomic E-state index is 1.02. The molecule has 2 nitrogen and oxygen atoms in total. The topological polar surface area (TPSA) is 25.8 Å². The molecule has 0 amide bonds. The number of hydrogen-bond donors (Lipinski definition) is 0. The monoisotopic (exact) mass is 121 g/mol. The molecule has 0 N–H and O–H groups in total. The summed E-state index contributed by atoms with van der Waals surface area (Å²) in [5.41, 5.74) is 2.14. The molecule has 1 radical (unpaired) electrons. The zero-order valence-electron chi connectivity index (χ0n) is 5.63. The summed E-state index contributed by atoms with van der Waals surface area (Å²) in [6.07, 6.45) is 5.34. The third kappa shape index (κ3) is 1.25. The summed E-state index contributed by atoms with van der Waals surface area (Å²) in [5.74, 6) is 0. The highest BCUT2D eigenvalue weighted by atomic mass is 14.8. The van der Waals surface area contributed by atoms with Crippen molar-refractivity contribution in [3.8, 4) is 0 Å². The zero-order valence-corrected chi connectivity index (χ0v) is 5.63. The van der Waals surface area contributed by atoms with Crippen molar-refractivity contribution < 1.29 is 0 Å². The van der Waals surface area contributed by atoms with Gasteiger partial charge in [-0.15, -0.1) is 0 Å². The van der Waals surface area contributed by atoms with Crippen LogP contribution in [-0.4, -0.2) is 9.97 Å². The largest absolute Gasteiger partial charge is 0.245 e. The molecule has 0 atom stereocenters. The fourth-order valence-corrected chi connectivity index (χ4v) is 0.711. The molecule has 0 bridgehead atoms. The summed E-state index contributed by atoms with van der Waals surface area (Å²) >= 11 is 0. The molecular weight excluding hydrogens is 112 g/mol. The van der Waals surface area contributed by atoms with Gasteiger partial charge in [-0.25, -0.2) is 9.97 Å². The summed E-state index contributed by atoms with van der Waals surface area (Å²) in [7, 11) is 0. The third-order valence-electron chi connectivity index (χ3n) is 1.21. The van der Waals surface area contributed by atoms with Gasteiger partial charge >= 0.3 is 0 Å². The Bertz CT molecular complexity index is 196. The van der Waals surface area contributed by atoms with E-state index >= 15 is 0 Å². The Kier molecular flexibility index (Phi) is 1.78. The van der Waals surface area contributed by atoms with Crippen molar-refractivity contribution in [2.75, 3.05) is 0 Å². The first kappa shape index (κ1) is 6.20. The van der Waals surface area contributed by atoms with E-state index in [-0.39, 0.29) is 0 Å². The molecular formula is C7H9N2. The van der Waals surface area contributed by atoms with E-state index in [4.69, 9.17) is 0 Å². The van der Waals surface area contributed by atoms with Gasteiger partial charge in [-0.2, -0.15) is 0 Å². The minimum Gasteiger partial charge on any atom is -0.245 e. The van der Waals surface area contributed by atoms with Crippen molar-refractivity contribution in [3.05, 3.63) is 30.2 Å². The summed E-state index contributed by atoms with van der Waals surface area (Å²) < 4.78 is 0. The minimum atomic E-state index is 1.02. The fraction of sp³-hybridized carbons (Fsp3) is 0.286. The molecule has 0 aromatic carbocycles. The van der Waals surface area contributed by atoms with Crippen LogP contribution in [0.15, 0.2) is 12.5 Å². The van der Waals surface area contributed by atoms with Gasteiger partial charge in [-0.05, 0) is 12.5 Å². The molecule has 9 heavy (non-hydrogen) atoms. The van der Waals surface area contributed by atoms with E-state index in [0.717, 1.165) is 11.3 Å². The SMILES string of the molecule is C[CH]c1ncncc1C. The number of aryl methyl sites for hydroxylation is 1. The van der Waals surface area contributed by atoms with E-state index < -0.39 is 0 Å². The van der Waals surface area contributed by atoms with Crippen LogP contribution in [0, 0.1) is 13.3 Å². The number of rotatable bonds is 1. The van der Waals surface area contributed by atoms with Crippen molar-refractivity contribution in [2.24, 2.45) is 0 Å². The Labute approximate surface area is 55.0 Å². The molecule has 47 valence electrons. The molecule has 0 saturated carbocycles. The lowest BCUT2D eigenvalue weighted by Crippen LogP contribution is -1.89. The molecule has 0 fully saturated rings. The average Bonchev–Trinajstić information content (AvgIpc) is 1.89. The number of hydrogen-bond acceptors (Lipinski definition) is 2. The van der Waals surface area contributed by atoms with Gasteiger partial charge < -0.3 is 0 Å². The van der Waals surface area contributed by atoms with Crippen LogP contribution in [0.5, 0.6) is 0 Å². The van der Waals surface area contributed by atoms with Gasteiger partial charge in [0.1, 0.15) is 6.33 Å². The Morgan fingerprint density at radius 1 is 1.56 bits per heavy atom. The summed E-state index contributed by atoms with van der Waals surface area (Å²) in [6, 6.07) is 0. The molecule has 0 spiro atoms. The molecule has 0 unspecified atom stereocenters. The van der Waals surface area contributed by atoms with Gasteiger partial charge in [0.2, 0.25) is 0 Å². The van der Waals surface area contributed by atoms with Crippen LogP contribution in [0.4, 0.5) is 0 Å². The second-order valence-electron chi connectivity index (χ2n) is 1.88. The van der Waals surface area contributed by atoms with E-state index in [1.165, 1.54) is 0 Å². The predicted octanol–water partition coefficient (Wildman–Crippen LogP) is 1.36. The van der Waals surface area contributed by atoms with E-state index in [0.29, 0.717) is 0 Å². The van der Waals surface area contributed by atoms with Crippen LogP contribution in [-0.2, 0) is 0 Å². The maximum Gasteiger partial charge on any atom is 0.115 e. The highest BCUT2D eigenvalue weighted by Gasteiger charge is 1.92. The maximum absolute atomic E-state index is 4.03. The van der Waals surface area contributed by atoms with E-state index in [2.05, 4.69) is 9.97 Å². The van der Waals surface area contributed by atoms with Crippen molar-refractivity contribution >= 4 is 0 Å². The average molecular weight is 121 g/mol. The molecule has 0 saturated heterocycles. The third-order valence-corrected chi connectivity index (χ3v) is 1.21. The van der Waals surface area contributed by atoms with Crippen LogP contribution < -0.4 is 0 Å². The number of aromatic nitrogens is 2. The molecule has 1 heterocycles. The summed E-state index contributed by atoms with van der Waals surface area (Å²) in [5, 5.41) is 0. The highest BCUT2D eigenvalue weighted by Crippen LogP contribution is 2.01. The molecule has 1 rings (SSSR count). The van der Waals surface area contributed by atoms with Crippen LogP contribution in [0.25, 0.3) is 0 Å². The van der Waals surface area contributed by atoms with Crippen LogP contribution in [0.2, 0.25) is 0 Å². The molecule has 1 aromatic heterocycles. The Morgan fingerprint density at radius 3 is 2.78 bits per heavy atom. The predicted molar refractivity (Wildman–Crippen MR) is 35.8 cm³/mol. The smallest absolute Gasteiger partial charge is 0.115 e. The second-order valence-corrected chi connectivity index (χ2v) is 1.88.